The third-order valence-electron chi connectivity index (χ3n) is 3.53. The summed E-state index contributed by atoms with van der Waals surface area (Å²) in [5.74, 6) is 0.338. The molecule has 1 heterocycles. The highest BCUT2D eigenvalue weighted by molar-refractivity contribution is 5.94. The summed E-state index contributed by atoms with van der Waals surface area (Å²) in [6, 6.07) is 0. The summed E-state index contributed by atoms with van der Waals surface area (Å²) >= 11 is 0. The van der Waals surface area contributed by atoms with Crippen LogP contribution in [0.2, 0.25) is 0 Å². The summed E-state index contributed by atoms with van der Waals surface area (Å²) in [5.41, 5.74) is 1.65. The van der Waals surface area contributed by atoms with E-state index < -0.39 is 0 Å². The van der Waals surface area contributed by atoms with Crippen LogP contribution in [0.25, 0.3) is 0 Å². The Labute approximate surface area is 71.6 Å². The number of hydrogen-bond donors (Lipinski definition) is 0. The van der Waals surface area contributed by atoms with Crippen LogP contribution in [0.4, 0.5) is 0 Å². The van der Waals surface area contributed by atoms with Gasteiger partial charge in [-0.25, -0.2) is 0 Å². The first-order valence-corrected chi connectivity index (χ1v) is 4.64. The molecule has 1 saturated carbocycles. The second-order valence-corrected chi connectivity index (χ2v) is 4.24. The van der Waals surface area contributed by atoms with Crippen molar-refractivity contribution in [3.05, 3.63) is 11.6 Å². The molecule has 0 aromatic heterocycles. The van der Waals surface area contributed by atoms with Gasteiger partial charge >= 0.3 is 0 Å². The predicted octanol–water partition coefficient (Wildman–Crippen LogP) is 1.45. The molecule has 2 heteroatoms. The number of ketones is 1. The molecule has 1 aliphatic heterocycles. The molecule has 2 fully saturated rings. The molecule has 3 aliphatic rings. The highest BCUT2D eigenvalue weighted by Crippen LogP contribution is 2.55. The minimum Gasteiger partial charge on any atom is -0.378 e. The molecular weight excluding hydrogens is 152 g/mol. The zero-order chi connectivity index (χ0) is 8.18. The van der Waals surface area contributed by atoms with E-state index >= 15 is 0 Å². The lowest BCUT2D eigenvalue weighted by molar-refractivity contribution is -0.116. The number of rotatable bonds is 0. The molecule has 2 bridgehead atoms. The van der Waals surface area contributed by atoms with E-state index in [0.29, 0.717) is 11.9 Å². The van der Waals surface area contributed by atoms with Crippen molar-refractivity contribution >= 4 is 5.78 Å². The van der Waals surface area contributed by atoms with E-state index in [2.05, 4.69) is 0 Å². The van der Waals surface area contributed by atoms with Gasteiger partial charge in [-0.05, 0) is 25.3 Å². The summed E-state index contributed by atoms with van der Waals surface area (Å²) in [4.78, 5) is 11.2. The molecule has 3 rings (SSSR count). The summed E-state index contributed by atoms with van der Waals surface area (Å²) < 4.78 is 5.58. The van der Waals surface area contributed by atoms with Crippen LogP contribution in [-0.4, -0.2) is 18.5 Å². The normalized spacial score (nSPS) is 44.5. The van der Waals surface area contributed by atoms with Gasteiger partial charge in [-0.3, -0.25) is 4.79 Å². The zero-order valence-corrected chi connectivity index (χ0v) is 7.01. The molecule has 1 saturated heterocycles. The van der Waals surface area contributed by atoms with Crippen molar-refractivity contribution in [2.45, 2.75) is 31.8 Å². The Hall–Kier alpha value is -0.630. The van der Waals surface area contributed by atoms with Crippen molar-refractivity contribution in [1.29, 1.82) is 0 Å². The SMILES string of the molecule is O=C1C=C2C[C@H]3C[C@@]2(CCO3)C1. The Balaban J connectivity index is 2.05. The van der Waals surface area contributed by atoms with E-state index in [1.165, 1.54) is 5.57 Å². The van der Waals surface area contributed by atoms with Crippen molar-refractivity contribution in [2.75, 3.05) is 6.61 Å². The maximum absolute atomic E-state index is 11.2. The molecule has 0 amide bonds. The minimum atomic E-state index is 0.264. The summed E-state index contributed by atoms with van der Waals surface area (Å²) in [6.07, 6.45) is 6.26. The monoisotopic (exact) mass is 164 g/mol. The quantitative estimate of drug-likeness (QED) is 0.541. The molecule has 64 valence electrons. The molecule has 1 spiro atoms. The van der Waals surface area contributed by atoms with E-state index in [4.69, 9.17) is 4.74 Å². The second kappa shape index (κ2) is 1.99. The molecular formula is C10H12O2. The lowest BCUT2D eigenvalue weighted by Crippen LogP contribution is -2.27. The Bertz CT molecular complexity index is 280. The van der Waals surface area contributed by atoms with Gasteiger partial charge in [-0.2, -0.15) is 0 Å². The van der Waals surface area contributed by atoms with Crippen LogP contribution < -0.4 is 0 Å². The smallest absolute Gasteiger partial charge is 0.156 e. The Morgan fingerprint density at radius 2 is 2.50 bits per heavy atom. The fraction of sp³-hybridized carbons (Fsp3) is 0.700. The third-order valence-corrected chi connectivity index (χ3v) is 3.53. The first kappa shape index (κ1) is 6.84. The maximum atomic E-state index is 11.2. The molecule has 0 N–H and O–H groups in total. The van der Waals surface area contributed by atoms with Crippen LogP contribution in [0.3, 0.4) is 0 Å². The lowest BCUT2D eigenvalue weighted by Gasteiger charge is -2.30. The Morgan fingerprint density at radius 3 is 3.42 bits per heavy atom. The van der Waals surface area contributed by atoms with Crippen LogP contribution in [0.5, 0.6) is 0 Å². The van der Waals surface area contributed by atoms with Crippen molar-refractivity contribution in [3.63, 3.8) is 0 Å². The zero-order valence-electron chi connectivity index (χ0n) is 7.01. The molecule has 2 aliphatic carbocycles. The van der Waals surface area contributed by atoms with Gasteiger partial charge < -0.3 is 4.74 Å². The van der Waals surface area contributed by atoms with Gasteiger partial charge in [0.05, 0.1) is 6.10 Å². The topological polar surface area (TPSA) is 26.3 Å². The lowest BCUT2D eigenvalue weighted by atomic mass is 9.79. The van der Waals surface area contributed by atoms with E-state index in [1.807, 2.05) is 6.08 Å². The summed E-state index contributed by atoms with van der Waals surface area (Å²) in [6.45, 7) is 0.856. The molecule has 2 atom stereocenters. The van der Waals surface area contributed by atoms with Crippen molar-refractivity contribution in [1.82, 2.24) is 0 Å². The fourth-order valence-corrected chi connectivity index (χ4v) is 2.97. The largest absolute Gasteiger partial charge is 0.378 e. The standard InChI is InChI=1S/C10H12O2/c11-8-3-7-4-9-6-10(7,5-8)1-2-12-9/h3,9H,1-2,4-6H2/t9-,10+/m0/s1. The first-order valence-electron chi connectivity index (χ1n) is 4.64. The van der Waals surface area contributed by atoms with Crippen LogP contribution in [0.15, 0.2) is 11.6 Å². The van der Waals surface area contributed by atoms with Crippen molar-refractivity contribution in [2.24, 2.45) is 5.41 Å². The highest BCUT2D eigenvalue weighted by atomic mass is 16.5. The van der Waals surface area contributed by atoms with Gasteiger partial charge in [0.1, 0.15) is 0 Å². The summed E-state index contributed by atoms with van der Waals surface area (Å²) in [7, 11) is 0. The number of carbonyl (C=O) groups is 1. The van der Waals surface area contributed by atoms with Gasteiger partial charge in [-0.1, -0.05) is 5.57 Å². The Kier molecular flexibility index (Phi) is 1.14. The number of fused-ring (bicyclic) bond motifs is 1. The fourth-order valence-electron chi connectivity index (χ4n) is 2.97. The van der Waals surface area contributed by atoms with E-state index in [-0.39, 0.29) is 5.41 Å². The second-order valence-electron chi connectivity index (χ2n) is 4.24. The van der Waals surface area contributed by atoms with Crippen LogP contribution in [-0.2, 0) is 9.53 Å². The average Bonchev–Trinajstić information content (AvgIpc) is 2.37. The minimum absolute atomic E-state index is 0.264. The first-order chi connectivity index (χ1) is 5.78. The molecule has 2 nitrogen and oxygen atoms in total. The van der Waals surface area contributed by atoms with Crippen LogP contribution in [0.1, 0.15) is 25.7 Å². The number of ether oxygens (including phenoxy) is 1. The van der Waals surface area contributed by atoms with Crippen LogP contribution in [0, 0.1) is 5.41 Å². The number of hydrogen-bond acceptors (Lipinski definition) is 2. The van der Waals surface area contributed by atoms with Crippen LogP contribution >= 0.6 is 0 Å². The van der Waals surface area contributed by atoms with Gasteiger partial charge in [0.15, 0.2) is 5.78 Å². The highest BCUT2D eigenvalue weighted by Gasteiger charge is 2.50. The van der Waals surface area contributed by atoms with Gasteiger partial charge in [-0.15, -0.1) is 0 Å². The van der Waals surface area contributed by atoms with Crippen molar-refractivity contribution in [3.8, 4) is 0 Å². The molecule has 12 heavy (non-hydrogen) atoms. The number of allylic oxidation sites excluding steroid dienone is 1. The molecule has 0 unspecified atom stereocenters. The third kappa shape index (κ3) is 0.712. The van der Waals surface area contributed by atoms with E-state index in [1.54, 1.807) is 0 Å². The molecule has 0 radical (unpaired) electrons. The summed E-state index contributed by atoms with van der Waals surface area (Å²) in [5, 5.41) is 0. The van der Waals surface area contributed by atoms with Gasteiger partial charge in [0, 0.05) is 18.4 Å². The van der Waals surface area contributed by atoms with Crippen molar-refractivity contribution < 1.29 is 9.53 Å². The molecule has 0 aromatic carbocycles. The molecule has 0 aromatic rings. The van der Waals surface area contributed by atoms with Gasteiger partial charge in [0.2, 0.25) is 0 Å². The van der Waals surface area contributed by atoms with Gasteiger partial charge in [0.25, 0.3) is 0 Å². The van der Waals surface area contributed by atoms with E-state index in [9.17, 15) is 4.79 Å². The van der Waals surface area contributed by atoms with E-state index in [0.717, 1.165) is 32.3 Å². The maximum Gasteiger partial charge on any atom is 0.156 e. The number of carbonyl (C=O) groups excluding carboxylic acids is 1. The average molecular weight is 164 g/mol. The Morgan fingerprint density at radius 1 is 1.58 bits per heavy atom. The predicted molar refractivity (Wildman–Crippen MR) is 43.7 cm³/mol.